The normalized spacial score (nSPS) is 13.8. The summed E-state index contributed by atoms with van der Waals surface area (Å²) in [6.07, 6.45) is 3.56. The quantitative estimate of drug-likeness (QED) is 0.611. The largest absolute Gasteiger partial charge is 0.384 e. The minimum Gasteiger partial charge on any atom is -0.384 e. The Balaban J connectivity index is 1.94. The van der Waals surface area contributed by atoms with E-state index in [1.807, 2.05) is 37.9 Å². The first kappa shape index (κ1) is 19.5. The minimum absolute atomic E-state index is 0.243. The average Bonchev–Trinajstić information content (AvgIpc) is 2.74. The third-order valence-electron chi connectivity index (χ3n) is 4.66. The number of ether oxygens (including phenoxy) is 1. The van der Waals surface area contributed by atoms with Crippen LogP contribution in [0.1, 0.15) is 30.9 Å². The van der Waals surface area contributed by atoms with Crippen molar-refractivity contribution in [2.45, 2.75) is 32.7 Å². The second kappa shape index (κ2) is 9.07. The van der Waals surface area contributed by atoms with Crippen molar-refractivity contribution >= 4 is 23.1 Å². The molecule has 3 rings (SSSR count). The Morgan fingerprint density at radius 2 is 2.04 bits per heavy atom. The molecular weight excluding hydrogens is 352 g/mol. The van der Waals surface area contributed by atoms with Crippen molar-refractivity contribution in [1.82, 2.24) is 9.97 Å². The fourth-order valence-corrected chi connectivity index (χ4v) is 3.17. The zero-order chi connectivity index (χ0) is 19.9. The van der Waals surface area contributed by atoms with E-state index in [4.69, 9.17) is 15.0 Å². The van der Waals surface area contributed by atoms with Gasteiger partial charge in [0.25, 0.3) is 0 Å². The fraction of sp³-hybridized carbons (Fsp3) is 0.381. The first-order valence-corrected chi connectivity index (χ1v) is 9.28. The molecule has 0 radical (unpaired) electrons. The maximum atomic E-state index is 9.04. The summed E-state index contributed by atoms with van der Waals surface area (Å²) in [6, 6.07) is 11.1. The highest BCUT2D eigenvalue weighted by Gasteiger charge is 2.24. The Labute approximate surface area is 165 Å². The van der Waals surface area contributed by atoms with E-state index in [0.29, 0.717) is 11.5 Å². The number of nitrogens with zero attached hydrogens (tertiary/aromatic N) is 4. The summed E-state index contributed by atoms with van der Waals surface area (Å²) in [5, 5.41) is 15.5. The molecule has 28 heavy (non-hydrogen) atoms. The van der Waals surface area contributed by atoms with Crippen molar-refractivity contribution in [2.75, 3.05) is 35.8 Å². The van der Waals surface area contributed by atoms with Crippen molar-refractivity contribution in [3.8, 4) is 18.0 Å². The van der Waals surface area contributed by atoms with Crippen LogP contribution in [0.3, 0.4) is 0 Å². The molecule has 0 atom stereocenters. The number of nitriles is 1. The molecule has 0 saturated carbocycles. The molecule has 0 unspecified atom stereocenters. The number of anilines is 4. The fourth-order valence-electron chi connectivity index (χ4n) is 3.17. The van der Waals surface area contributed by atoms with Crippen LogP contribution in [0.15, 0.2) is 24.4 Å². The average molecular weight is 376 g/mol. The van der Waals surface area contributed by atoms with Crippen molar-refractivity contribution in [3.63, 3.8) is 0 Å². The molecule has 1 aromatic heterocycles. The van der Waals surface area contributed by atoms with E-state index in [1.54, 1.807) is 12.3 Å². The van der Waals surface area contributed by atoms with E-state index in [1.165, 1.54) is 0 Å². The summed E-state index contributed by atoms with van der Waals surface area (Å²) in [4.78, 5) is 11.2. The predicted octanol–water partition coefficient (Wildman–Crippen LogP) is 3.41. The van der Waals surface area contributed by atoms with Crippen LogP contribution in [0.4, 0.5) is 23.1 Å². The number of benzene rings is 1. The van der Waals surface area contributed by atoms with Crippen molar-refractivity contribution in [1.29, 1.82) is 5.26 Å². The summed E-state index contributed by atoms with van der Waals surface area (Å²) < 4.78 is 5.50. The van der Waals surface area contributed by atoms with E-state index in [0.717, 1.165) is 48.8 Å². The molecule has 0 spiro atoms. The molecule has 1 saturated heterocycles. The van der Waals surface area contributed by atoms with E-state index in [2.05, 4.69) is 33.7 Å². The van der Waals surface area contributed by atoms with Gasteiger partial charge in [-0.15, -0.1) is 0 Å². The minimum atomic E-state index is 0.243. The topological polar surface area (TPSA) is 86.1 Å². The first-order chi connectivity index (χ1) is 13.7. The van der Waals surface area contributed by atoms with Crippen LogP contribution in [0.5, 0.6) is 0 Å². The molecule has 1 aliphatic heterocycles. The molecule has 0 amide bonds. The molecule has 7 nitrogen and oxygen atoms in total. The summed E-state index contributed by atoms with van der Waals surface area (Å²) in [5.41, 5.74) is 3.26. The number of nitrogens with one attached hydrogen (secondary N) is 2. The van der Waals surface area contributed by atoms with Gasteiger partial charge in [0.05, 0.1) is 23.5 Å². The van der Waals surface area contributed by atoms with Crippen LogP contribution < -0.4 is 15.5 Å². The lowest BCUT2D eigenvalue weighted by Gasteiger charge is -2.31. The molecule has 0 aliphatic carbocycles. The molecule has 2 heterocycles. The van der Waals surface area contributed by atoms with Crippen LogP contribution in [0, 0.1) is 30.2 Å². The highest BCUT2D eigenvalue weighted by molar-refractivity contribution is 5.70. The molecule has 7 heteroatoms. The zero-order valence-electron chi connectivity index (χ0n) is 16.4. The van der Waals surface area contributed by atoms with E-state index in [9.17, 15) is 0 Å². The molecule has 2 aromatic rings. The van der Waals surface area contributed by atoms with Crippen molar-refractivity contribution in [3.05, 3.63) is 35.5 Å². The van der Waals surface area contributed by atoms with E-state index in [-0.39, 0.29) is 6.04 Å². The van der Waals surface area contributed by atoms with Gasteiger partial charge in [0, 0.05) is 38.0 Å². The Bertz CT molecular complexity index is 934. The zero-order valence-corrected chi connectivity index (χ0v) is 16.4. The highest BCUT2D eigenvalue weighted by Crippen LogP contribution is 2.29. The van der Waals surface area contributed by atoms with Gasteiger partial charge in [-0.25, -0.2) is 4.98 Å². The molecule has 0 bridgehead atoms. The van der Waals surface area contributed by atoms with Gasteiger partial charge < -0.3 is 15.4 Å². The number of hydrogen-bond acceptors (Lipinski definition) is 7. The van der Waals surface area contributed by atoms with Crippen molar-refractivity contribution < 1.29 is 4.74 Å². The Kier molecular flexibility index (Phi) is 6.31. The second-order valence-corrected chi connectivity index (χ2v) is 6.52. The molecule has 1 fully saturated rings. The number of aryl methyl sites for hydroxylation is 1. The first-order valence-electron chi connectivity index (χ1n) is 9.28. The lowest BCUT2D eigenvalue weighted by atomic mass is 10.1. The molecule has 2 N–H and O–H groups in total. The van der Waals surface area contributed by atoms with E-state index < -0.39 is 0 Å². The lowest BCUT2D eigenvalue weighted by molar-refractivity contribution is 0.0866. The van der Waals surface area contributed by atoms with Crippen LogP contribution >= 0.6 is 0 Å². The van der Waals surface area contributed by atoms with Gasteiger partial charge in [-0.05, 0) is 50.5 Å². The standard InChI is InChI=1S/C21H24N6O/c1-4-9-27(17-7-10-28-11-8-17)20-19(23-3)14-24-21(26-20)25-18-6-5-16(13-22)12-15(18)2/h5-6,12,14,17,23H,7-8,10-11H2,1-3H3,(H,24,25,26). The van der Waals surface area contributed by atoms with Crippen LogP contribution in [-0.2, 0) is 4.74 Å². The van der Waals surface area contributed by atoms with Gasteiger partial charge in [0.1, 0.15) is 0 Å². The Morgan fingerprint density at radius 3 is 2.68 bits per heavy atom. The molecule has 1 aliphatic rings. The van der Waals surface area contributed by atoms with Gasteiger partial charge in [-0.2, -0.15) is 10.2 Å². The van der Waals surface area contributed by atoms with Crippen LogP contribution in [-0.4, -0.2) is 36.3 Å². The van der Waals surface area contributed by atoms with Gasteiger partial charge in [0.2, 0.25) is 5.95 Å². The second-order valence-electron chi connectivity index (χ2n) is 6.52. The Morgan fingerprint density at radius 1 is 1.25 bits per heavy atom. The summed E-state index contributed by atoms with van der Waals surface area (Å²) in [5.74, 6) is 4.23. The van der Waals surface area contributed by atoms with E-state index >= 15 is 0 Å². The van der Waals surface area contributed by atoms with Crippen LogP contribution in [0.25, 0.3) is 0 Å². The molecule has 1 aromatic carbocycles. The monoisotopic (exact) mass is 376 g/mol. The number of rotatable bonds is 5. The maximum Gasteiger partial charge on any atom is 0.229 e. The Hall–Kier alpha value is -3.29. The third-order valence-corrected chi connectivity index (χ3v) is 4.66. The maximum absolute atomic E-state index is 9.04. The third kappa shape index (κ3) is 4.33. The van der Waals surface area contributed by atoms with Gasteiger partial charge >= 0.3 is 0 Å². The summed E-state index contributed by atoms with van der Waals surface area (Å²) >= 11 is 0. The summed E-state index contributed by atoms with van der Waals surface area (Å²) in [6.45, 7) is 5.22. The van der Waals surface area contributed by atoms with Gasteiger partial charge in [0.15, 0.2) is 5.82 Å². The molecule has 144 valence electrons. The van der Waals surface area contributed by atoms with Crippen molar-refractivity contribution in [2.24, 2.45) is 0 Å². The summed E-state index contributed by atoms with van der Waals surface area (Å²) in [7, 11) is 1.85. The number of hydrogen-bond donors (Lipinski definition) is 2. The van der Waals surface area contributed by atoms with Gasteiger partial charge in [-0.3, -0.25) is 4.90 Å². The smallest absolute Gasteiger partial charge is 0.229 e. The van der Waals surface area contributed by atoms with Gasteiger partial charge in [-0.1, -0.05) is 5.92 Å². The highest BCUT2D eigenvalue weighted by atomic mass is 16.5. The lowest BCUT2D eigenvalue weighted by Crippen LogP contribution is -2.37. The van der Waals surface area contributed by atoms with Crippen LogP contribution in [0.2, 0.25) is 0 Å². The predicted molar refractivity (Wildman–Crippen MR) is 111 cm³/mol. The number of aromatic nitrogens is 2. The molecular formula is C21H24N6O. The SMILES string of the molecule is CC#CN(c1nc(Nc2ccc(C#N)cc2C)ncc1NC)C1CCOCC1.